The van der Waals surface area contributed by atoms with Crippen molar-refractivity contribution in [1.82, 2.24) is 4.73 Å². The summed E-state index contributed by atoms with van der Waals surface area (Å²) in [4.78, 5) is 11.1. The van der Waals surface area contributed by atoms with Gasteiger partial charge in [-0.1, -0.05) is 0 Å². The maximum atomic E-state index is 11.1. The Morgan fingerprint density at radius 2 is 1.75 bits per heavy atom. The van der Waals surface area contributed by atoms with E-state index < -0.39 is 0 Å². The second-order valence-electron chi connectivity index (χ2n) is 3.04. The van der Waals surface area contributed by atoms with Crippen molar-refractivity contribution in [2.24, 2.45) is 0 Å². The van der Waals surface area contributed by atoms with Crippen molar-refractivity contribution in [2.75, 3.05) is 0 Å². The first-order valence-corrected chi connectivity index (χ1v) is 3.85. The lowest BCUT2D eigenvalue weighted by atomic mass is 10.1. The number of aromatic nitrogens is 1. The molecule has 0 aliphatic carbocycles. The molecule has 3 heteroatoms. The summed E-state index contributed by atoms with van der Waals surface area (Å²) in [7, 11) is 0. The summed E-state index contributed by atoms with van der Waals surface area (Å²) >= 11 is 0. The molecular formula is C9H13NO2. The fourth-order valence-corrected chi connectivity index (χ4v) is 1.49. The molecule has 0 aliphatic rings. The zero-order chi connectivity index (χ0) is 9.46. The predicted molar refractivity (Wildman–Crippen MR) is 45.8 cm³/mol. The van der Waals surface area contributed by atoms with Crippen LogP contribution in [0.4, 0.5) is 0 Å². The van der Waals surface area contributed by atoms with Crippen molar-refractivity contribution >= 4 is 5.78 Å². The van der Waals surface area contributed by atoms with Gasteiger partial charge in [-0.3, -0.25) is 4.79 Å². The van der Waals surface area contributed by atoms with Crippen LogP contribution >= 0.6 is 0 Å². The lowest BCUT2D eigenvalue weighted by Crippen LogP contribution is -1.98. The molecule has 1 rings (SSSR count). The molecule has 0 aromatic carbocycles. The molecule has 0 unspecified atom stereocenters. The van der Waals surface area contributed by atoms with Gasteiger partial charge in [0.25, 0.3) is 0 Å². The molecule has 12 heavy (non-hydrogen) atoms. The second-order valence-corrected chi connectivity index (χ2v) is 3.04. The molecule has 0 radical (unpaired) electrons. The van der Waals surface area contributed by atoms with Gasteiger partial charge < -0.3 is 5.21 Å². The summed E-state index contributed by atoms with van der Waals surface area (Å²) in [5.41, 5.74) is 2.85. The number of nitrogens with zero attached hydrogens (tertiary/aromatic N) is 1. The Labute approximate surface area is 71.6 Å². The Morgan fingerprint density at radius 3 is 1.92 bits per heavy atom. The molecule has 1 heterocycles. The molecular weight excluding hydrogens is 154 g/mol. The fourth-order valence-electron chi connectivity index (χ4n) is 1.49. The van der Waals surface area contributed by atoms with Crippen LogP contribution in [0.15, 0.2) is 0 Å². The zero-order valence-electron chi connectivity index (χ0n) is 7.80. The number of Topliss-reactive ketones (excluding diaryl/α,β-unsaturated/α-hetero) is 1. The summed E-state index contributed by atoms with van der Waals surface area (Å²) in [5.74, 6) is 0.000833. The van der Waals surface area contributed by atoms with E-state index in [9.17, 15) is 10.0 Å². The topological polar surface area (TPSA) is 42.2 Å². The summed E-state index contributed by atoms with van der Waals surface area (Å²) in [5, 5.41) is 9.42. The third-order valence-corrected chi connectivity index (χ3v) is 2.27. The molecule has 66 valence electrons. The van der Waals surface area contributed by atoms with Gasteiger partial charge in [-0.15, -0.1) is 0 Å². The van der Waals surface area contributed by atoms with Crippen LogP contribution < -0.4 is 0 Å². The molecule has 0 amide bonds. The van der Waals surface area contributed by atoms with Crippen LogP contribution in [0.25, 0.3) is 0 Å². The van der Waals surface area contributed by atoms with Gasteiger partial charge in [0.1, 0.15) is 0 Å². The first kappa shape index (κ1) is 8.84. The van der Waals surface area contributed by atoms with Gasteiger partial charge in [0.2, 0.25) is 0 Å². The van der Waals surface area contributed by atoms with Crippen molar-refractivity contribution in [3.05, 3.63) is 22.5 Å². The van der Waals surface area contributed by atoms with Gasteiger partial charge in [-0.2, -0.15) is 4.73 Å². The van der Waals surface area contributed by atoms with Gasteiger partial charge in [0.15, 0.2) is 5.78 Å². The Balaban J connectivity index is 3.48. The minimum absolute atomic E-state index is 0.000833. The van der Waals surface area contributed by atoms with Crippen LogP contribution in [0.2, 0.25) is 0 Å². The SMILES string of the molecule is CC(=O)c1c(C)c(C)n(O)c1C. The molecule has 1 N–H and O–H groups in total. The molecule has 0 bridgehead atoms. The Hall–Kier alpha value is -1.25. The standard InChI is InChI=1S/C9H13NO2/c1-5-6(2)10(12)7(3)9(5)8(4)11/h12H,1-4H3. The Morgan fingerprint density at radius 1 is 1.25 bits per heavy atom. The lowest BCUT2D eigenvalue weighted by molar-refractivity contribution is 0.101. The molecule has 1 aromatic rings. The number of carbonyl (C=O) groups excluding carboxylic acids is 1. The molecule has 0 saturated heterocycles. The van der Waals surface area contributed by atoms with Gasteiger partial charge in [0, 0.05) is 5.56 Å². The summed E-state index contributed by atoms with van der Waals surface area (Å²) < 4.78 is 1.06. The third-order valence-electron chi connectivity index (χ3n) is 2.27. The average molecular weight is 167 g/mol. The van der Waals surface area contributed by atoms with Gasteiger partial charge in [-0.25, -0.2) is 0 Å². The smallest absolute Gasteiger partial charge is 0.162 e. The van der Waals surface area contributed by atoms with E-state index in [1.165, 1.54) is 6.92 Å². The van der Waals surface area contributed by atoms with Crippen molar-refractivity contribution < 1.29 is 10.0 Å². The maximum Gasteiger partial charge on any atom is 0.162 e. The number of ketones is 1. The highest BCUT2D eigenvalue weighted by molar-refractivity contribution is 5.97. The maximum absolute atomic E-state index is 11.1. The largest absolute Gasteiger partial charge is 0.428 e. The van der Waals surface area contributed by atoms with Crippen LogP contribution in [0.5, 0.6) is 0 Å². The van der Waals surface area contributed by atoms with E-state index in [-0.39, 0.29) is 5.78 Å². The predicted octanol–water partition coefficient (Wildman–Crippen LogP) is 1.85. The second kappa shape index (κ2) is 2.66. The average Bonchev–Trinajstić information content (AvgIpc) is 2.16. The van der Waals surface area contributed by atoms with Crippen molar-refractivity contribution in [3.63, 3.8) is 0 Å². The highest BCUT2D eigenvalue weighted by Gasteiger charge is 2.16. The zero-order valence-corrected chi connectivity index (χ0v) is 7.80. The lowest BCUT2D eigenvalue weighted by Gasteiger charge is -1.96. The van der Waals surface area contributed by atoms with E-state index in [2.05, 4.69) is 0 Å². The highest BCUT2D eigenvalue weighted by atomic mass is 16.5. The van der Waals surface area contributed by atoms with E-state index in [0.717, 1.165) is 16.0 Å². The van der Waals surface area contributed by atoms with Gasteiger partial charge >= 0.3 is 0 Å². The minimum atomic E-state index is 0.000833. The molecule has 0 spiro atoms. The number of hydrogen-bond donors (Lipinski definition) is 1. The fraction of sp³-hybridized carbons (Fsp3) is 0.444. The van der Waals surface area contributed by atoms with Crippen LogP contribution in [-0.2, 0) is 0 Å². The van der Waals surface area contributed by atoms with Crippen LogP contribution in [0.1, 0.15) is 34.2 Å². The number of hydrogen-bond acceptors (Lipinski definition) is 2. The quantitative estimate of drug-likeness (QED) is 0.512. The van der Waals surface area contributed by atoms with Gasteiger partial charge in [-0.05, 0) is 33.3 Å². The van der Waals surface area contributed by atoms with E-state index in [1.54, 1.807) is 13.8 Å². The minimum Gasteiger partial charge on any atom is -0.428 e. The summed E-state index contributed by atoms with van der Waals surface area (Å²) in [6.45, 7) is 6.87. The molecule has 0 saturated carbocycles. The van der Waals surface area contributed by atoms with Crippen molar-refractivity contribution in [1.29, 1.82) is 0 Å². The van der Waals surface area contributed by atoms with Gasteiger partial charge in [0.05, 0.1) is 11.4 Å². The normalized spacial score (nSPS) is 10.3. The Bertz CT molecular complexity index is 311. The van der Waals surface area contributed by atoms with E-state index >= 15 is 0 Å². The number of rotatable bonds is 1. The van der Waals surface area contributed by atoms with Crippen LogP contribution in [0.3, 0.4) is 0 Å². The molecule has 0 atom stereocenters. The summed E-state index contributed by atoms with van der Waals surface area (Å²) in [6, 6.07) is 0. The molecule has 0 aliphatic heterocycles. The highest BCUT2D eigenvalue weighted by Crippen LogP contribution is 2.19. The van der Waals surface area contributed by atoms with Crippen LogP contribution in [0, 0.1) is 20.8 Å². The van der Waals surface area contributed by atoms with E-state index in [4.69, 9.17) is 0 Å². The number of carbonyl (C=O) groups is 1. The third kappa shape index (κ3) is 1.02. The van der Waals surface area contributed by atoms with E-state index in [1.807, 2.05) is 6.92 Å². The van der Waals surface area contributed by atoms with Crippen LogP contribution in [-0.4, -0.2) is 15.7 Å². The van der Waals surface area contributed by atoms with Crippen molar-refractivity contribution in [3.8, 4) is 0 Å². The summed E-state index contributed by atoms with van der Waals surface area (Å²) in [6.07, 6.45) is 0. The first-order valence-electron chi connectivity index (χ1n) is 3.85. The first-order chi connectivity index (χ1) is 5.46. The Kier molecular flexibility index (Phi) is 1.96. The van der Waals surface area contributed by atoms with Crippen molar-refractivity contribution in [2.45, 2.75) is 27.7 Å². The van der Waals surface area contributed by atoms with E-state index in [0.29, 0.717) is 11.3 Å². The molecule has 1 aromatic heterocycles. The molecule has 3 nitrogen and oxygen atoms in total. The monoisotopic (exact) mass is 167 g/mol. The molecule has 0 fully saturated rings.